The molecule has 1 N–H and O–H groups in total. The number of carbonyl (C=O) groups is 2. The molecule has 0 fully saturated rings. The van der Waals surface area contributed by atoms with Crippen LogP contribution in [0.15, 0.2) is 18.2 Å². The minimum absolute atomic E-state index is 0.0687. The number of carboxylic acid groups (broad SMARTS) is 1. The van der Waals surface area contributed by atoms with E-state index in [2.05, 4.69) is 4.74 Å². The number of fused-ring (bicyclic) bond motifs is 1. The number of carbonyl (C=O) groups excluding carboxylic acids is 1. The van der Waals surface area contributed by atoms with Crippen LogP contribution >= 0.6 is 0 Å². The topological polar surface area (TPSA) is 110 Å². The van der Waals surface area contributed by atoms with Crippen molar-refractivity contribution in [2.75, 3.05) is 25.1 Å². The van der Waals surface area contributed by atoms with E-state index in [0.29, 0.717) is 11.3 Å². The van der Waals surface area contributed by atoms with E-state index in [4.69, 9.17) is 5.11 Å². The first-order valence-electron chi connectivity index (χ1n) is 6.25. The van der Waals surface area contributed by atoms with Crippen LogP contribution in [0, 0.1) is 10.1 Å². The molecule has 1 unspecified atom stereocenters. The minimum atomic E-state index is -1.04. The van der Waals surface area contributed by atoms with Gasteiger partial charge in [-0.05, 0) is 6.07 Å². The molecule has 1 aromatic rings. The van der Waals surface area contributed by atoms with Crippen molar-refractivity contribution in [3.8, 4) is 0 Å². The third-order valence-electron chi connectivity index (χ3n) is 3.42. The molecule has 1 heterocycles. The van der Waals surface area contributed by atoms with Crippen LogP contribution in [-0.4, -0.2) is 42.2 Å². The van der Waals surface area contributed by atoms with E-state index < -0.39 is 22.8 Å². The number of aliphatic carboxylic acids is 1. The van der Waals surface area contributed by atoms with Crippen LogP contribution in [0.1, 0.15) is 17.9 Å². The van der Waals surface area contributed by atoms with Crippen LogP contribution in [0.4, 0.5) is 11.4 Å². The van der Waals surface area contributed by atoms with Gasteiger partial charge in [0, 0.05) is 24.2 Å². The van der Waals surface area contributed by atoms with E-state index in [1.165, 1.54) is 19.2 Å². The summed E-state index contributed by atoms with van der Waals surface area (Å²) >= 11 is 0. The van der Waals surface area contributed by atoms with Gasteiger partial charge < -0.3 is 14.7 Å². The average molecular weight is 294 g/mol. The monoisotopic (exact) mass is 294 g/mol. The second-order valence-electron chi connectivity index (χ2n) is 4.72. The summed E-state index contributed by atoms with van der Waals surface area (Å²) in [6.45, 7) is 0.169. The van der Waals surface area contributed by atoms with Gasteiger partial charge >= 0.3 is 11.9 Å². The highest BCUT2D eigenvalue weighted by molar-refractivity contribution is 5.80. The van der Waals surface area contributed by atoms with Gasteiger partial charge in [-0.2, -0.15) is 0 Å². The summed E-state index contributed by atoms with van der Waals surface area (Å²) in [7, 11) is 1.25. The molecule has 0 bridgehead atoms. The number of nitro benzene ring substituents is 1. The molecule has 8 nitrogen and oxygen atoms in total. The first-order chi connectivity index (χ1) is 9.93. The third kappa shape index (κ3) is 2.93. The van der Waals surface area contributed by atoms with E-state index in [9.17, 15) is 19.7 Å². The standard InChI is InChI=1S/C13H14N2O6/c1-21-12(18)7-14-6-8(5-11(16)17)13-9(14)3-2-4-10(13)15(19)20/h2-4,8H,5-7H2,1H3,(H,16,17). The molecule has 0 saturated heterocycles. The Morgan fingerprint density at radius 2 is 2.24 bits per heavy atom. The summed E-state index contributed by atoms with van der Waals surface area (Å²) in [6.07, 6.45) is -0.227. The van der Waals surface area contributed by atoms with Crippen LogP contribution in [-0.2, 0) is 14.3 Å². The van der Waals surface area contributed by atoms with Gasteiger partial charge in [-0.3, -0.25) is 19.7 Å². The lowest BCUT2D eigenvalue weighted by Gasteiger charge is -2.17. The van der Waals surface area contributed by atoms with Gasteiger partial charge in [-0.25, -0.2) is 0 Å². The molecule has 112 valence electrons. The Morgan fingerprint density at radius 1 is 1.52 bits per heavy atom. The molecular formula is C13H14N2O6. The zero-order chi connectivity index (χ0) is 15.6. The molecule has 0 spiro atoms. The molecule has 1 aliphatic heterocycles. The molecule has 8 heteroatoms. The summed E-state index contributed by atoms with van der Waals surface area (Å²) < 4.78 is 4.59. The highest BCUT2D eigenvalue weighted by Gasteiger charge is 2.36. The predicted octanol–water partition coefficient (Wildman–Crippen LogP) is 1.15. The number of hydrogen-bond donors (Lipinski definition) is 1. The predicted molar refractivity (Wildman–Crippen MR) is 72.3 cm³/mol. The number of anilines is 1. The van der Waals surface area contributed by atoms with Crippen molar-refractivity contribution in [1.82, 2.24) is 0 Å². The van der Waals surface area contributed by atoms with Gasteiger partial charge in [0.25, 0.3) is 5.69 Å². The van der Waals surface area contributed by atoms with Crippen LogP contribution in [0.3, 0.4) is 0 Å². The fourth-order valence-corrected chi connectivity index (χ4v) is 2.60. The number of hydrogen-bond acceptors (Lipinski definition) is 6. The van der Waals surface area contributed by atoms with Gasteiger partial charge in [0.15, 0.2) is 0 Å². The number of nitrogens with zero attached hydrogens (tertiary/aromatic N) is 2. The van der Waals surface area contributed by atoms with Crippen molar-refractivity contribution in [3.63, 3.8) is 0 Å². The van der Waals surface area contributed by atoms with Crippen LogP contribution in [0.5, 0.6) is 0 Å². The Balaban J connectivity index is 2.42. The molecule has 0 aromatic heterocycles. The second-order valence-corrected chi connectivity index (χ2v) is 4.72. The Morgan fingerprint density at radius 3 is 2.81 bits per heavy atom. The number of esters is 1. The van der Waals surface area contributed by atoms with Gasteiger partial charge in [-0.15, -0.1) is 0 Å². The summed E-state index contributed by atoms with van der Waals surface area (Å²) in [6, 6.07) is 4.51. The third-order valence-corrected chi connectivity index (χ3v) is 3.42. The maximum absolute atomic E-state index is 11.4. The largest absolute Gasteiger partial charge is 0.481 e. The number of ether oxygens (including phenoxy) is 1. The fourth-order valence-electron chi connectivity index (χ4n) is 2.60. The number of nitro groups is 1. The van der Waals surface area contributed by atoms with Gasteiger partial charge in [0.1, 0.15) is 6.54 Å². The lowest BCUT2D eigenvalue weighted by molar-refractivity contribution is -0.385. The van der Waals surface area contributed by atoms with Crippen molar-refractivity contribution < 1.29 is 24.4 Å². The molecule has 0 saturated carbocycles. The van der Waals surface area contributed by atoms with E-state index in [0.717, 1.165) is 0 Å². The van der Waals surface area contributed by atoms with Crippen molar-refractivity contribution in [2.45, 2.75) is 12.3 Å². The number of rotatable bonds is 5. The average Bonchev–Trinajstić information content (AvgIpc) is 2.76. The lowest BCUT2D eigenvalue weighted by atomic mass is 9.96. The van der Waals surface area contributed by atoms with E-state index in [-0.39, 0.29) is 25.2 Å². The van der Waals surface area contributed by atoms with Gasteiger partial charge in [-0.1, -0.05) is 6.07 Å². The summed E-state index contributed by atoms with van der Waals surface area (Å²) in [5.41, 5.74) is 0.765. The Labute approximate surface area is 120 Å². The SMILES string of the molecule is COC(=O)CN1CC(CC(=O)O)c2c1cccc2[N+](=O)[O-]. The number of carboxylic acids is 1. The minimum Gasteiger partial charge on any atom is -0.481 e. The van der Waals surface area contributed by atoms with Crippen LogP contribution < -0.4 is 4.90 Å². The lowest BCUT2D eigenvalue weighted by Crippen LogP contribution is -2.29. The molecule has 0 amide bonds. The highest BCUT2D eigenvalue weighted by Crippen LogP contribution is 2.43. The smallest absolute Gasteiger partial charge is 0.325 e. The normalized spacial score (nSPS) is 16.4. The van der Waals surface area contributed by atoms with Crippen molar-refractivity contribution in [3.05, 3.63) is 33.9 Å². The van der Waals surface area contributed by atoms with Gasteiger partial charge in [0.2, 0.25) is 0 Å². The molecule has 1 aliphatic rings. The van der Waals surface area contributed by atoms with Crippen molar-refractivity contribution >= 4 is 23.3 Å². The quantitative estimate of drug-likeness (QED) is 0.492. The molecule has 2 rings (SSSR count). The first-order valence-corrected chi connectivity index (χ1v) is 6.25. The molecule has 1 atom stereocenters. The van der Waals surface area contributed by atoms with E-state index in [1.54, 1.807) is 11.0 Å². The maximum Gasteiger partial charge on any atom is 0.325 e. The van der Waals surface area contributed by atoms with E-state index >= 15 is 0 Å². The fraction of sp³-hybridized carbons (Fsp3) is 0.385. The molecule has 21 heavy (non-hydrogen) atoms. The Bertz CT molecular complexity index is 600. The van der Waals surface area contributed by atoms with Crippen LogP contribution in [0.2, 0.25) is 0 Å². The summed E-state index contributed by atoms with van der Waals surface area (Å²) in [4.78, 5) is 34.6. The second kappa shape index (κ2) is 5.78. The Hall–Kier alpha value is -2.64. The number of benzene rings is 1. The van der Waals surface area contributed by atoms with Crippen molar-refractivity contribution in [2.24, 2.45) is 0 Å². The zero-order valence-electron chi connectivity index (χ0n) is 11.3. The zero-order valence-corrected chi connectivity index (χ0v) is 11.3. The summed E-state index contributed by atoms with van der Waals surface area (Å²) in [5, 5.41) is 20.1. The Kier molecular flexibility index (Phi) is 4.06. The maximum atomic E-state index is 11.4. The van der Waals surface area contributed by atoms with Crippen molar-refractivity contribution in [1.29, 1.82) is 0 Å². The van der Waals surface area contributed by atoms with Gasteiger partial charge in [0.05, 0.1) is 24.0 Å². The molecular weight excluding hydrogens is 280 g/mol. The molecule has 0 radical (unpaired) electrons. The molecule has 1 aromatic carbocycles. The highest BCUT2D eigenvalue weighted by atomic mass is 16.6. The first kappa shape index (κ1) is 14.8. The van der Waals surface area contributed by atoms with Crippen LogP contribution in [0.25, 0.3) is 0 Å². The molecule has 0 aliphatic carbocycles. The van der Waals surface area contributed by atoms with E-state index in [1.807, 2.05) is 0 Å². The number of methoxy groups -OCH3 is 1. The summed E-state index contributed by atoms with van der Waals surface area (Å²) in [5.74, 6) is -2.05.